The SMILES string of the molecule is CCCCCCCCCCCCOP(=O)([O-])O.O=c1c(O)c(-c2ccc(O)c(O)c2)oc2cc(O)cc(O)c12.[K+]. The Morgan fingerprint density at radius 2 is 1.40 bits per heavy atom. The van der Waals surface area contributed by atoms with Crippen molar-refractivity contribution in [3.05, 3.63) is 40.6 Å². The van der Waals surface area contributed by atoms with Crippen LogP contribution in [0.4, 0.5) is 0 Å². The predicted molar refractivity (Wildman–Crippen MR) is 144 cm³/mol. The van der Waals surface area contributed by atoms with Crippen LogP contribution in [-0.4, -0.2) is 37.0 Å². The number of phenolic OH excluding ortho intramolecular Hbond substituents is 4. The van der Waals surface area contributed by atoms with Gasteiger partial charge < -0.3 is 44.3 Å². The number of unbranched alkanes of at least 4 members (excludes halogenated alkanes) is 9. The molecule has 40 heavy (non-hydrogen) atoms. The minimum Gasteiger partial charge on any atom is -0.756 e. The van der Waals surface area contributed by atoms with Gasteiger partial charge in [-0.2, -0.15) is 0 Å². The molecule has 1 atom stereocenters. The monoisotopic (exact) mass is 606 g/mol. The molecule has 1 unspecified atom stereocenters. The Morgan fingerprint density at radius 1 is 0.825 bits per heavy atom. The van der Waals surface area contributed by atoms with Crippen LogP contribution < -0.4 is 61.7 Å². The van der Waals surface area contributed by atoms with Crippen LogP contribution in [-0.2, 0) is 9.09 Å². The smallest absolute Gasteiger partial charge is 0.756 e. The normalized spacial score (nSPS) is 12.3. The zero-order chi connectivity index (χ0) is 29.0. The second-order valence-corrected chi connectivity index (χ2v) is 10.3. The summed E-state index contributed by atoms with van der Waals surface area (Å²) in [7, 11) is -4.49. The fourth-order valence-corrected chi connectivity index (χ4v) is 4.26. The largest absolute Gasteiger partial charge is 1.00 e. The zero-order valence-corrected chi connectivity index (χ0v) is 26.9. The summed E-state index contributed by atoms with van der Waals surface area (Å²) in [4.78, 5) is 30.7. The summed E-state index contributed by atoms with van der Waals surface area (Å²) < 4.78 is 19.9. The summed E-state index contributed by atoms with van der Waals surface area (Å²) in [5.74, 6) is -2.71. The van der Waals surface area contributed by atoms with Crippen molar-refractivity contribution >= 4 is 18.8 Å². The molecular formula is C27H36KO11P. The Bertz CT molecular complexity index is 1320. The Hall–Kier alpha value is -1.60. The molecule has 0 bridgehead atoms. The fraction of sp³-hybridized carbons (Fsp3) is 0.444. The van der Waals surface area contributed by atoms with Gasteiger partial charge in [-0.15, -0.1) is 0 Å². The van der Waals surface area contributed by atoms with Gasteiger partial charge in [0.2, 0.25) is 11.2 Å². The van der Waals surface area contributed by atoms with Crippen molar-refractivity contribution in [2.24, 2.45) is 0 Å². The molecule has 0 saturated carbocycles. The molecule has 0 radical (unpaired) electrons. The van der Waals surface area contributed by atoms with Crippen LogP contribution in [0.2, 0.25) is 0 Å². The van der Waals surface area contributed by atoms with Gasteiger partial charge in [0.05, 0.1) is 6.61 Å². The molecule has 6 N–H and O–H groups in total. The number of aromatic hydroxyl groups is 5. The maximum Gasteiger partial charge on any atom is 1.00 e. The second-order valence-electron chi connectivity index (χ2n) is 9.13. The average molecular weight is 607 g/mol. The summed E-state index contributed by atoms with van der Waals surface area (Å²) >= 11 is 0. The molecule has 3 rings (SSSR count). The van der Waals surface area contributed by atoms with E-state index in [0.29, 0.717) is 6.42 Å². The Balaban J connectivity index is 0.000000406. The fourth-order valence-electron chi connectivity index (χ4n) is 3.90. The molecule has 0 spiro atoms. The van der Waals surface area contributed by atoms with E-state index in [2.05, 4.69) is 11.4 Å². The van der Waals surface area contributed by atoms with Crippen LogP contribution >= 0.6 is 7.82 Å². The molecule has 0 aliphatic heterocycles. The van der Waals surface area contributed by atoms with Gasteiger partial charge in [-0.1, -0.05) is 64.7 Å². The van der Waals surface area contributed by atoms with E-state index in [1.807, 2.05) is 0 Å². The molecule has 0 saturated heterocycles. The molecule has 11 nitrogen and oxygen atoms in total. The van der Waals surface area contributed by atoms with Gasteiger partial charge in [-0.3, -0.25) is 9.36 Å². The van der Waals surface area contributed by atoms with Crippen LogP contribution in [0.5, 0.6) is 28.7 Å². The first-order chi connectivity index (χ1) is 18.4. The van der Waals surface area contributed by atoms with Crippen molar-refractivity contribution in [3.63, 3.8) is 0 Å². The van der Waals surface area contributed by atoms with Gasteiger partial charge in [0.1, 0.15) is 22.5 Å². The summed E-state index contributed by atoms with van der Waals surface area (Å²) in [6.45, 7) is 2.32. The van der Waals surface area contributed by atoms with E-state index in [4.69, 9.17) is 9.31 Å². The Kier molecular flexibility index (Phi) is 16.4. The first kappa shape index (κ1) is 36.4. The second kappa shape index (κ2) is 18.0. The molecule has 0 fully saturated rings. The topological polar surface area (TPSA) is 201 Å². The van der Waals surface area contributed by atoms with E-state index < -0.39 is 30.5 Å². The maximum atomic E-state index is 12.1. The minimum atomic E-state index is -4.49. The van der Waals surface area contributed by atoms with Gasteiger partial charge in [0, 0.05) is 17.7 Å². The number of benzene rings is 2. The predicted octanol–water partition coefficient (Wildman–Crippen LogP) is 2.38. The Morgan fingerprint density at radius 3 is 1.95 bits per heavy atom. The minimum absolute atomic E-state index is 0. The number of phenols is 4. The molecule has 216 valence electrons. The molecule has 2 aromatic carbocycles. The third-order valence-electron chi connectivity index (χ3n) is 5.93. The summed E-state index contributed by atoms with van der Waals surface area (Å²) in [6, 6.07) is 5.64. The summed E-state index contributed by atoms with van der Waals surface area (Å²) in [5, 5.41) is 47.6. The molecule has 1 heterocycles. The number of fused-ring (bicyclic) bond motifs is 1. The Labute approximate surface area is 275 Å². The van der Waals surface area contributed by atoms with Crippen LogP contribution in [0.3, 0.4) is 0 Å². The van der Waals surface area contributed by atoms with E-state index in [0.717, 1.165) is 37.1 Å². The van der Waals surface area contributed by atoms with Crippen LogP contribution in [0.25, 0.3) is 22.3 Å². The molecule has 0 aliphatic carbocycles. The van der Waals surface area contributed by atoms with Crippen molar-refractivity contribution in [2.75, 3.05) is 6.61 Å². The molecule has 3 aromatic rings. The number of rotatable bonds is 13. The van der Waals surface area contributed by atoms with E-state index in [1.165, 1.54) is 51.0 Å². The standard InChI is InChI=1S/C15H10O7.C12H27O4P.K/c16-7-4-10(19)12-11(5-7)22-15(14(21)13(12)20)6-1-2-8(17)9(18)3-6;1-2-3-4-5-6-7-8-9-10-11-12-16-17(13,14)15;/h1-5,16-19,21H;2-12H2,1H3,(H2,13,14,15);/q;;+1/p-1. The summed E-state index contributed by atoms with van der Waals surface area (Å²) in [5.41, 5.74) is -0.890. The van der Waals surface area contributed by atoms with Crippen molar-refractivity contribution < 1.29 is 100 Å². The molecule has 0 aliphatic rings. The van der Waals surface area contributed by atoms with E-state index in [1.54, 1.807) is 0 Å². The van der Waals surface area contributed by atoms with E-state index >= 15 is 0 Å². The van der Waals surface area contributed by atoms with Crippen LogP contribution in [0.1, 0.15) is 71.1 Å². The van der Waals surface area contributed by atoms with E-state index in [-0.39, 0.29) is 91.8 Å². The third kappa shape index (κ3) is 12.1. The molecule has 0 amide bonds. The van der Waals surface area contributed by atoms with Gasteiger partial charge in [-0.25, -0.2) is 0 Å². The quantitative estimate of drug-likeness (QED) is 0.0722. The first-order valence-electron chi connectivity index (χ1n) is 12.9. The number of hydrogen-bond donors (Lipinski definition) is 6. The zero-order valence-electron chi connectivity index (χ0n) is 22.8. The third-order valence-corrected chi connectivity index (χ3v) is 6.43. The first-order valence-corrected chi connectivity index (χ1v) is 14.4. The van der Waals surface area contributed by atoms with Gasteiger partial charge in [-0.05, 0) is 24.6 Å². The van der Waals surface area contributed by atoms with Crippen molar-refractivity contribution in [3.8, 4) is 40.1 Å². The van der Waals surface area contributed by atoms with E-state index in [9.17, 15) is 39.8 Å². The number of phosphoric acid groups is 1. The maximum absolute atomic E-state index is 12.1. The van der Waals surface area contributed by atoms with Crippen molar-refractivity contribution in [2.45, 2.75) is 71.1 Å². The van der Waals surface area contributed by atoms with Gasteiger partial charge in [0.15, 0.2) is 17.3 Å². The summed E-state index contributed by atoms with van der Waals surface area (Å²) in [6.07, 6.45) is 11.9. The van der Waals surface area contributed by atoms with Crippen LogP contribution in [0.15, 0.2) is 39.5 Å². The number of phosphoric ester groups is 1. The van der Waals surface area contributed by atoms with Gasteiger partial charge in [0.25, 0.3) is 7.82 Å². The van der Waals surface area contributed by atoms with Gasteiger partial charge >= 0.3 is 51.4 Å². The van der Waals surface area contributed by atoms with Crippen molar-refractivity contribution in [1.29, 1.82) is 0 Å². The average Bonchev–Trinajstić information content (AvgIpc) is 2.86. The molecule has 1 aromatic heterocycles. The molecule has 13 heteroatoms. The van der Waals surface area contributed by atoms with Crippen molar-refractivity contribution in [1.82, 2.24) is 0 Å². The number of hydrogen-bond acceptors (Lipinski definition) is 10. The molecular weight excluding hydrogens is 570 g/mol. The van der Waals surface area contributed by atoms with Crippen LogP contribution in [0, 0.1) is 0 Å².